The second-order valence-corrected chi connectivity index (χ2v) is 3.57. The molecule has 0 bridgehead atoms. The Bertz CT molecular complexity index is 341. The van der Waals surface area contributed by atoms with Crippen molar-refractivity contribution in [2.45, 2.75) is 19.8 Å². The first-order valence-electron chi connectivity index (χ1n) is 4.86. The second kappa shape index (κ2) is 5.73. The summed E-state index contributed by atoms with van der Waals surface area (Å²) in [5.74, 6) is -0.117. The maximum atomic E-state index is 11.6. The van der Waals surface area contributed by atoms with Crippen molar-refractivity contribution in [1.82, 2.24) is 0 Å². The van der Waals surface area contributed by atoms with Gasteiger partial charge in [-0.2, -0.15) is 0 Å². The number of halogens is 1. The van der Waals surface area contributed by atoms with E-state index in [2.05, 4.69) is 0 Å². The van der Waals surface area contributed by atoms with Gasteiger partial charge in [0, 0.05) is 6.42 Å². The summed E-state index contributed by atoms with van der Waals surface area (Å²) in [6.07, 6.45) is 1.16. The Hall–Kier alpha value is -1.06. The lowest BCUT2D eigenvalue weighted by molar-refractivity contribution is -0.119. The lowest BCUT2D eigenvalue weighted by Crippen LogP contribution is -2.31. The van der Waals surface area contributed by atoms with Gasteiger partial charge in [-0.25, -0.2) is 0 Å². The zero-order valence-corrected chi connectivity index (χ0v) is 9.37. The SMILES string of the molecule is CCCC(=O)N(CO)c1ccccc1Cl. The Morgan fingerprint density at radius 2 is 2.13 bits per heavy atom. The van der Waals surface area contributed by atoms with Gasteiger partial charge in [-0.3, -0.25) is 9.69 Å². The quantitative estimate of drug-likeness (QED) is 0.803. The highest BCUT2D eigenvalue weighted by molar-refractivity contribution is 6.33. The van der Waals surface area contributed by atoms with Gasteiger partial charge in [0.1, 0.15) is 6.73 Å². The monoisotopic (exact) mass is 227 g/mol. The number of aliphatic hydroxyl groups is 1. The summed E-state index contributed by atoms with van der Waals surface area (Å²) in [6, 6.07) is 6.97. The lowest BCUT2D eigenvalue weighted by atomic mass is 10.2. The van der Waals surface area contributed by atoms with Gasteiger partial charge in [0.05, 0.1) is 10.7 Å². The molecule has 0 saturated heterocycles. The first-order valence-corrected chi connectivity index (χ1v) is 5.24. The molecular formula is C11H14ClNO2. The molecule has 0 aliphatic carbocycles. The van der Waals surface area contributed by atoms with E-state index in [4.69, 9.17) is 16.7 Å². The van der Waals surface area contributed by atoms with Crippen molar-refractivity contribution in [2.24, 2.45) is 0 Å². The van der Waals surface area contributed by atoms with Gasteiger partial charge in [0.25, 0.3) is 0 Å². The molecule has 4 heteroatoms. The zero-order valence-electron chi connectivity index (χ0n) is 8.61. The molecule has 3 nitrogen and oxygen atoms in total. The molecule has 0 unspecified atom stereocenters. The summed E-state index contributed by atoms with van der Waals surface area (Å²) >= 11 is 5.94. The summed E-state index contributed by atoms with van der Waals surface area (Å²) < 4.78 is 0. The Morgan fingerprint density at radius 1 is 1.47 bits per heavy atom. The number of benzene rings is 1. The van der Waals surface area contributed by atoms with Gasteiger partial charge in [-0.15, -0.1) is 0 Å². The number of nitrogens with zero attached hydrogens (tertiary/aromatic N) is 1. The van der Waals surface area contributed by atoms with Gasteiger partial charge in [0.2, 0.25) is 5.91 Å². The summed E-state index contributed by atoms with van der Waals surface area (Å²) in [7, 11) is 0. The maximum Gasteiger partial charge on any atom is 0.228 e. The van der Waals surface area contributed by atoms with Gasteiger partial charge < -0.3 is 5.11 Å². The Balaban J connectivity index is 2.92. The van der Waals surface area contributed by atoms with E-state index < -0.39 is 0 Å². The molecule has 0 heterocycles. The third kappa shape index (κ3) is 2.94. The van der Waals surface area contributed by atoms with Crippen molar-refractivity contribution in [3.63, 3.8) is 0 Å². The molecule has 1 N–H and O–H groups in total. The molecule has 0 atom stereocenters. The van der Waals surface area contributed by atoms with Crippen molar-refractivity contribution in [2.75, 3.05) is 11.6 Å². The van der Waals surface area contributed by atoms with Crippen LogP contribution >= 0.6 is 11.6 Å². The smallest absolute Gasteiger partial charge is 0.228 e. The summed E-state index contributed by atoms with van der Waals surface area (Å²) in [4.78, 5) is 12.9. The molecule has 0 aromatic heterocycles. The first kappa shape index (κ1) is 12.0. The van der Waals surface area contributed by atoms with Crippen LogP contribution in [0.25, 0.3) is 0 Å². The van der Waals surface area contributed by atoms with Crippen LogP contribution in [-0.2, 0) is 4.79 Å². The molecular weight excluding hydrogens is 214 g/mol. The van der Waals surface area contributed by atoms with Crippen molar-refractivity contribution in [3.05, 3.63) is 29.3 Å². The summed E-state index contributed by atoms with van der Waals surface area (Å²) in [5.41, 5.74) is 0.556. The summed E-state index contributed by atoms with van der Waals surface area (Å²) in [6.45, 7) is 1.57. The fraction of sp³-hybridized carbons (Fsp3) is 0.364. The molecule has 15 heavy (non-hydrogen) atoms. The fourth-order valence-electron chi connectivity index (χ4n) is 1.31. The molecule has 0 radical (unpaired) electrons. The number of carbonyl (C=O) groups excluding carboxylic acids is 1. The average Bonchev–Trinajstić information content (AvgIpc) is 2.22. The summed E-state index contributed by atoms with van der Waals surface area (Å²) in [5, 5.41) is 9.62. The number of amides is 1. The third-order valence-electron chi connectivity index (χ3n) is 2.05. The topological polar surface area (TPSA) is 40.5 Å². The molecule has 1 amide bonds. The molecule has 0 fully saturated rings. The predicted molar refractivity (Wildman–Crippen MR) is 60.9 cm³/mol. The molecule has 1 aromatic carbocycles. The van der Waals surface area contributed by atoms with E-state index in [1.165, 1.54) is 4.90 Å². The molecule has 0 saturated carbocycles. The number of anilines is 1. The van der Waals surface area contributed by atoms with Gasteiger partial charge in [0.15, 0.2) is 0 Å². The van der Waals surface area contributed by atoms with E-state index in [9.17, 15) is 4.79 Å². The molecule has 0 aliphatic rings. The minimum Gasteiger partial charge on any atom is -0.376 e. The highest BCUT2D eigenvalue weighted by Gasteiger charge is 2.15. The van der Waals surface area contributed by atoms with Crippen LogP contribution in [0.4, 0.5) is 5.69 Å². The lowest BCUT2D eigenvalue weighted by Gasteiger charge is -2.20. The zero-order chi connectivity index (χ0) is 11.3. The van der Waals surface area contributed by atoms with Crippen molar-refractivity contribution in [1.29, 1.82) is 0 Å². The van der Waals surface area contributed by atoms with E-state index in [1.807, 2.05) is 6.92 Å². The van der Waals surface area contributed by atoms with Crippen LogP contribution in [0, 0.1) is 0 Å². The number of hydrogen-bond donors (Lipinski definition) is 1. The van der Waals surface area contributed by atoms with Crippen molar-refractivity contribution >= 4 is 23.2 Å². The molecule has 0 aliphatic heterocycles. The number of para-hydroxylation sites is 1. The van der Waals surface area contributed by atoms with Crippen LogP contribution < -0.4 is 4.90 Å². The molecule has 1 aromatic rings. The van der Waals surface area contributed by atoms with Crippen molar-refractivity contribution < 1.29 is 9.90 Å². The first-order chi connectivity index (χ1) is 7.20. The number of rotatable bonds is 4. The van der Waals surface area contributed by atoms with E-state index in [0.717, 1.165) is 6.42 Å². The highest BCUT2D eigenvalue weighted by Crippen LogP contribution is 2.25. The van der Waals surface area contributed by atoms with Crippen LogP contribution in [0.2, 0.25) is 5.02 Å². The van der Waals surface area contributed by atoms with E-state index in [-0.39, 0.29) is 12.6 Å². The average molecular weight is 228 g/mol. The van der Waals surface area contributed by atoms with Crippen molar-refractivity contribution in [3.8, 4) is 0 Å². The Kier molecular flexibility index (Phi) is 4.59. The minimum absolute atomic E-state index is 0.117. The molecule has 1 rings (SSSR count). The highest BCUT2D eigenvalue weighted by atomic mass is 35.5. The largest absolute Gasteiger partial charge is 0.376 e. The maximum absolute atomic E-state index is 11.6. The van der Waals surface area contributed by atoms with E-state index in [0.29, 0.717) is 17.1 Å². The normalized spacial score (nSPS) is 10.1. The minimum atomic E-state index is -0.345. The van der Waals surface area contributed by atoms with Crippen LogP contribution in [0.1, 0.15) is 19.8 Å². The Morgan fingerprint density at radius 3 is 2.67 bits per heavy atom. The number of hydrogen-bond acceptors (Lipinski definition) is 2. The fourth-order valence-corrected chi connectivity index (χ4v) is 1.55. The van der Waals surface area contributed by atoms with Crippen LogP contribution in [-0.4, -0.2) is 17.7 Å². The van der Waals surface area contributed by atoms with Gasteiger partial charge in [-0.1, -0.05) is 30.7 Å². The van der Waals surface area contributed by atoms with Gasteiger partial charge >= 0.3 is 0 Å². The Labute approximate surface area is 94.3 Å². The van der Waals surface area contributed by atoms with Crippen LogP contribution in [0.5, 0.6) is 0 Å². The number of aliphatic hydroxyl groups excluding tert-OH is 1. The third-order valence-corrected chi connectivity index (χ3v) is 2.37. The predicted octanol–water partition coefficient (Wildman–Crippen LogP) is 2.42. The van der Waals surface area contributed by atoms with E-state index in [1.54, 1.807) is 24.3 Å². The van der Waals surface area contributed by atoms with E-state index >= 15 is 0 Å². The standard InChI is InChI=1S/C11H14ClNO2/c1-2-5-11(15)13(8-14)10-7-4-3-6-9(10)12/h3-4,6-7,14H,2,5,8H2,1H3. The van der Waals surface area contributed by atoms with Crippen LogP contribution in [0.15, 0.2) is 24.3 Å². The molecule has 0 spiro atoms. The second-order valence-electron chi connectivity index (χ2n) is 3.16. The molecule has 82 valence electrons. The van der Waals surface area contributed by atoms with Gasteiger partial charge in [-0.05, 0) is 18.6 Å². The number of carbonyl (C=O) groups is 1. The van der Waals surface area contributed by atoms with Crippen LogP contribution in [0.3, 0.4) is 0 Å².